The molecule has 0 aliphatic carbocycles. The number of nitrogens with two attached hydrogens (primary N) is 1. The number of amides is 1. The Balaban J connectivity index is 2.59. The number of carbonyl (C=O) groups is 2. The van der Waals surface area contributed by atoms with Gasteiger partial charge in [0.15, 0.2) is 0 Å². The molecule has 0 saturated carbocycles. The smallest absolute Gasteiger partial charge is 0.335 e. The predicted octanol–water partition coefficient (Wildman–Crippen LogP) is 1.51. The summed E-state index contributed by atoms with van der Waals surface area (Å²) in [5.41, 5.74) is 6.78. The minimum atomic E-state index is -0.942. The Bertz CT molecular complexity index is 474. The molecule has 20 heavy (non-hydrogen) atoms. The van der Waals surface area contributed by atoms with Crippen LogP contribution in [0.3, 0.4) is 0 Å². The van der Waals surface area contributed by atoms with Crippen molar-refractivity contribution >= 4 is 11.9 Å². The number of hydrogen-bond donors (Lipinski definition) is 2. The molecule has 1 amide bonds. The average molecular weight is 278 g/mol. The van der Waals surface area contributed by atoms with Gasteiger partial charge in [-0.1, -0.05) is 25.1 Å². The van der Waals surface area contributed by atoms with E-state index in [2.05, 4.69) is 0 Å². The molecule has 1 unspecified atom stereocenters. The normalized spacial score (nSPS) is 11.9. The van der Waals surface area contributed by atoms with Crippen molar-refractivity contribution in [3.63, 3.8) is 0 Å². The van der Waals surface area contributed by atoms with Gasteiger partial charge in [0.05, 0.1) is 5.56 Å². The van der Waals surface area contributed by atoms with E-state index < -0.39 is 5.97 Å². The molecule has 0 aliphatic rings. The van der Waals surface area contributed by atoms with Gasteiger partial charge < -0.3 is 15.7 Å². The number of carboxylic acids is 1. The van der Waals surface area contributed by atoms with Crippen LogP contribution in [0.15, 0.2) is 24.3 Å². The average Bonchev–Trinajstić information content (AvgIpc) is 2.44. The maximum atomic E-state index is 11.9. The van der Waals surface area contributed by atoms with Crippen LogP contribution in [0, 0.1) is 0 Å². The summed E-state index contributed by atoms with van der Waals surface area (Å²) < 4.78 is 0. The third-order valence-corrected chi connectivity index (χ3v) is 3.35. The highest BCUT2D eigenvalue weighted by Gasteiger charge is 2.14. The van der Waals surface area contributed by atoms with Gasteiger partial charge in [-0.3, -0.25) is 4.79 Å². The highest BCUT2D eigenvalue weighted by molar-refractivity contribution is 5.89. The van der Waals surface area contributed by atoms with Crippen LogP contribution in [0.5, 0.6) is 0 Å². The molecule has 0 fully saturated rings. The third kappa shape index (κ3) is 4.66. The van der Waals surface area contributed by atoms with Gasteiger partial charge in [0.25, 0.3) is 0 Å². The van der Waals surface area contributed by atoms with E-state index in [0.717, 1.165) is 12.0 Å². The van der Waals surface area contributed by atoms with Gasteiger partial charge in [-0.2, -0.15) is 0 Å². The molecule has 0 heterocycles. The van der Waals surface area contributed by atoms with Crippen LogP contribution >= 0.6 is 0 Å². The summed E-state index contributed by atoms with van der Waals surface area (Å²) in [7, 11) is 1.72. The van der Waals surface area contributed by atoms with E-state index in [9.17, 15) is 9.59 Å². The number of hydrogen-bond acceptors (Lipinski definition) is 3. The minimum Gasteiger partial charge on any atom is -0.478 e. The second-order valence-electron chi connectivity index (χ2n) is 4.90. The van der Waals surface area contributed by atoms with Crippen molar-refractivity contribution in [2.45, 2.75) is 32.2 Å². The van der Waals surface area contributed by atoms with Crippen molar-refractivity contribution in [3.8, 4) is 0 Å². The SMILES string of the molecule is CCC(N)CC(=O)N(C)CCc1ccccc1C(=O)O. The number of carbonyl (C=O) groups excluding carboxylic acids is 1. The first-order valence-electron chi connectivity index (χ1n) is 6.76. The monoisotopic (exact) mass is 278 g/mol. The van der Waals surface area contributed by atoms with Crippen LogP contribution in [0.4, 0.5) is 0 Å². The summed E-state index contributed by atoms with van der Waals surface area (Å²) in [6.45, 7) is 2.43. The van der Waals surface area contributed by atoms with Crippen molar-refractivity contribution < 1.29 is 14.7 Å². The van der Waals surface area contributed by atoms with Crippen LogP contribution in [0.1, 0.15) is 35.7 Å². The van der Waals surface area contributed by atoms with E-state index in [4.69, 9.17) is 10.8 Å². The molecule has 0 aromatic heterocycles. The molecule has 1 rings (SSSR count). The van der Waals surface area contributed by atoms with Crippen molar-refractivity contribution in [1.29, 1.82) is 0 Å². The maximum Gasteiger partial charge on any atom is 0.335 e. The Morgan fingerprint density at radius 1 is 1.35 bits per heavy atom. The maximum absolute atomic E-state index is 11.9. The molecule has 0 spiro atoms. The van der Waals surface area contributed by atoms with Crippen molar-refractivity contribution in [1.82, 2.24) is 4.90 Å². The number of rotatable bonds is 7. The van der Waals surface area contributed by atoms with Crippen LogP contribution in [-0.4, -0.2) is 41.5 Å². The standard InChI is InChI=1S/C15H22N2O3/c1-3-12(16)10-14(18)17(2)9-8-11-6-4-5-7-13(11)15(19)20/h4-7,12H,3,8-10,16H2,1-2H3,(H,19,20). The van der Waals surface area contributed by atoms with Gasteiger partial charge in [-0.15, -0.1) is 0 Å². The van der Waals surface area contributed by atoms with Gasteiger partial charge in [0.1, 0.15) is 0 Å². The van der Waals surface area contributed by atoms with E-state index in [1.54, 1.807) is 36.2 Å². The summed E-state index contributed by atoms with van der Waals surface area (Å²) in [6, 6.07) is 6.74. The van der Waals surface area contributed by atoms with E-state index in [-0.39, 0.29) is 11.9 Å². The number of nitrogens with zero attached hydrogens (tertiary/aromatic N) is 1. The van der Waals surface area contributed by atoms with Crippen molar-refractivity contribution in [3.05, 3.63) is 35.4 Å². The molecule has 110 valence electrons. The van der Waals surface area contributed by atoms with Gasteiger partial charge in [0, 0.05) is 26.1 Å². The second-order valence-corrected chi connectivity index (χ2v) is 4.90. The van der Waals surface area contributed by atoms with Crippen LogP contribution in [-0.2, 0) is 11.2 Å². The fraction of sp³-hybridized carbons (Fsp3) is 0.467. The Labute approximate surface area is 119 Å². The first kappa shape index (κ1) is 16.2. The van der Waals surface area contributed by atoms with Gasteiger partial charge >= 0.3 is 5.97 Å². The molecule has 5 heteroatoms. The first-order valence-corrected chi connectivity index (χ1v) is 6.76. The Kier molecular flexibility index (Phi) is 6.18. The molecule has 3 N–H and O–H groups in total. The molecule has 1 aromatic carbocycles. The van der Waals surface area contributed by atoms with Crippen molar-refractivity contribution in [2.24, 2.45) is 5.73 Å². The third-order valence-electron chi connectivity index (χ3n) is 3.35. The molecule has 1 atom stereocenters. The zero-order valence-corrected chi connectivity index (χ0v) is 12.0. The van der Waals surface area contributed by atoms with Gasteiger partial charge in [-0.25, -0.2) is 4.79 Å². The number of benzene rings is 1. The lowest BCUT2D eigenvalue weighted by molar-refractivity contribution is -0.130. The summed E-state index contributed by atoms with van der Waals surface area (Å²) in [4.78, 5) is 24.6. The van der Waals surface area contributed by atoms with E-state index in [1.807, 2.05) is 6.92 Å². The number of aromatic carboxylic acids is 1. The molecule has 0 radical (unpaired) electrons. The summed E-state index contributed by atoms with van der Waals surface area (Å²) in [5.74, 6) is -0.949. The van der Waals surface area contributed by atoms with Gasteiger partial charge in [-0.05, 0) is 24.5 Å². The lowest BCUT2D eigenvalue weighted by Crippen LogP contribution is -2.34. The van der Waals surface area contributed by atoms with Crippen LogP contribution in [0.2, 0.25) is 0 Å². The Morgan fingerprint density at radius 2 is 2.00 bits per heavy atom. The minimum absolute atomic E-state index is 0.00726. The Hall–Kier alpha value is -1.88. The molecule has 0 saturated heterocycles. The number of likely N-dealkylation sites (N-methyl/N-ethyl adjacent to an activating group) is 1. The predicted molar refractivity (Wildman–Crippen MR) is 77.6 cm³/mol. The summed E-state index contributed by atoms with van der Waals surface area (Å²) in [6.07, 6.45) is 1.61. The lowest BCUT2D eigenvalue weighted by atomic mass is 10.0. The largest absolute Gasteiger partial charge is 0.478 e. The zero-order chi connectivity index (χ0) is 15.1. The van der Waals surface area contributed by atoms with E-state index in [1.165, 1.54) is 0 Å². The van der Waals surface area contributed by atoms with E-state index in [0.29, 0.717) is 24.9 Å². The fourth-order valence-electron chi connectivity index (χ4n) is 1.88. The van der Waals surface area contributed by atoms with E-state index >= 15 is 0 Å². The number of carboxylic acid groups (broad SMARTS) is 1. The lowest BCUT2D eigenvalue weighted by Gasteiger charge is -2.19. The summed E-state index contributed by atoms with van der Waals surface area (Å²) in [5, 5.41) is 9.09. The summed E-state index contributed by atoms with van der Waals surface area (Å²) >= 11 is 0. The topological polar surface area (TPSA) is 83.6 Å². The molecule has 5 nitrogen and oxygen atoms in total. The molecular weight excluding hydrogens is 256 g/mol. The fourth-order valence-corrected chi connectivity index (χ4v) is 1.88. The van der Waals surface area contributed by atoms with Gasteiger partial charge in [0.2, 0.25) is 5.91 Å². The highest BCUT2D eigenvalue weighted by atomic mass is 16.4. The highest BCUT2D eigenvalue weighted by Crippen LogP contribution is 2.10. The van der Waals surface area contributed by atoms with Crippen LogP contribution in [0.25, 0.3) is 0 Å². The molecule has 0 bridgehead atoms. The first-order chi connectivity index (χ1) is 9.45. The Morgan fingerprint density at radius 3 is 2.60 bits per heavy atom. The van der Waals surface area contributed by atoms with Crippen molar-refractivity contribution in [2.75, 3.05) is 13.6 Å². The quantitative estimate of drug-likeness (QED) is 0.792. The second kappa shape index (κ2) is 7.65. The van der Waals surface area contributed by atoms with Crippen LogP contribution < -0.4 is 5.73 Å². The molecule has 1 aromatic rings. The molecular formula is C15H22N2O3. The zero-order valence-electron chi connectivity index (χ0n) is 12.0. The molecule has 0 aliphatic heterocycles.